The third kappa shape index (κ3) is 1.84. The van der Waals surface area contributed by atoms with Crippen LogP contribution in [0, 0.1) is 11.8 Å². The first-order valence-electron chi connectivity index (χ1n) is 5.77. The number of nitrogens with zero attached hydrogens (tertiary/aromatic N) is 2. The monoisotopic (exact) mass is 282 g/mol. The molecule has 3 rings (SSSR count). The summed E-state index contributed by atoms with van der Waals surface area (Å²) in [6.07, 6.45) is 3.73. The number of hydrogen-bond donors (Lipinski definition) is 1. The topological polar surface area (TPSA) is 36.4 Å². The molecule has 0 aromatic carbocycles. The molecule has 16 heavy (non-hydrogen) atoms. The highest BCUT2D eigenvalue weighted by Gasteiger charge is 2.40. The van der Waals surface area contributed by atoms with Crippen molar-refractivity contribution in [3.05, 3.63) is 22.8 Å². The van der Waals surface area contributed by atoms with E-state index in [1.54, 1.807) is 0 Å². The van der Waals surface area contributed by atoms with Gasteiger partial charge in [0.05, 0.1) is 6.10 Å². The fourth-order valence-electron chi connectivity index (χ4n) is 3.01. The van der Waals surface area contributed by atoms with Crippen molar-refractivity contribution in [3.8, 4) is 0 Å². The fourth-order valence-corrected chi connectivity index (χ4v) is 3.24. The molecule has 1 saturated heterocycles. The van der Waals surface area contributed by atoms with Crippen LogP contribution in [-0.2, 0) is 0 Å². The zero-order valence-electron chi connectivity index (χ0n) is 9.01. The lowest BCUT2D eigenvalue weighted by Gasteiger charge is -2.18. The van der Waals surface area contributed by atoms with Gasteiger partial charge in [0.25, 0.3) is 0 Å². The average molecular weight is 283 g/mol. The molecule has 2 aliphatic rings. The van der Waals surface area contributed by atoms with Crippen molar-refractivity contribution in [1.29, 1.82) is 0 Å². The molecule has 0 radical (unpaired) electrons. The van der Waals surface area contributed by atoms with Crippen LogP contribution in [0.4, 0.5) is 5.82 Å². The minimum atomic E-state index is -0.0602. The van der Waals surface area contributed by atoms with Crippen LogP contribution in [0.2, 0.25) is 0 Å². The van der Waals surface area contributed by atoms with Crippen molar-refractivity contribution in [1.82, 2.24) is 4.98 Å². The lowest BCUT2D eigenvalue weighted by Crippen LogP contribution is -2.23. The van der Waals surface area contributed by atoms with Gasteiger partial charge in [-0.05, 0) is 52.7 Å². The summed E-state index contributed by atoms with van der Waals surface area (Å²) in [6, 6.07) is 4.09. The van der Waals surface area contributed by atoms with E-state index in [0.717, 1.165) is 36.2 Å². The van der Waals surface area contributed by atoms with Gasteiger partial charge in [-0.25, -0.2) is 4.98 Å². The van der Waals surface area contributed by atoms with Crippen LogP contribution in [0.3, 0.4) is 0 Å². The number of pyridine rings is 1. The van der Waals surface area contributed by atoms with E-state index >= 15 is 0 Å². The number of aromatic nitrogens is 1. The van der Waals surface area contributed by atoms with E-state index in [0.29, 0.717) is 11.8 Å². The minimum Gasteiger partial charge on any atom is -0.393 e. The van der Waals surface area contributed by atoms with Gasteiger partial charge in [0.15, 0.2) is 0 Å². The summed E-state index contributed by atoms with van der Waals surface area (Å²) in [4.78, 5) is 6.76. The van der Waals surface area contributed by atoms with E-state index in [4.69, 9.17) is 0 Å². The number of fused-ring (bicyclic) bond motifs is 1. The normalized spacial score (nSPS) is 33.1. The molecular weight excluding hydrogens is 268 g/mol. The predicted molar refractivity (Wildman–Crippen MR) is 66.4 cm³/mol. The molecule has 1 aromatic heterocycles. The number of anilines is 1. The maximum Gasteiger partial charge on any atom is 0.128 e. The van der Waals surface area contributed by atoms with Crippen molar-refractivity contribution in [2.24, 2.45) is 11.8 Å². The molecule has 1 aliphatic carbocycles. The van der Waals surface area contributed by atoms with E-state index in [2.05, 4.69) is 31.9 Å². The van der Waals surface area contributed by atoms with Crippen LogP contribution in [0.25, 0.3) is 0 Å². The molecule has 4 heteroatoms. The molecule has 2 heterocycles. The van der Waals surface area contributed by atoms with Gasteiger partial charge in [0.1, 0.15) is 5.82 Å². The summed E-state index contributed by atoms with van der Waals surface area (Å²) >= 11 is 3.40. The Morgan fingerprint density at radius 2 is 1.94 bits per heavy atom. The van der Waals surface area contributed by atoms with E-state index in [1.807, 2.05) is 12.3 Å². The Balaban J connectivity index is 1.73. The lowest BCUT2D eigenvalue weighted by atomic mass is 10.0. The van der Waals surface area contributed by atoms with Gasteiger partial charge in [-0.2, -0.15) is 0 Å². The molecule has 1 aliphatic heterocycles. The summed E-state index contributed by atoms with van der Waals surface area (Å²) in [7, 11) is 0. The summed E-state index contributed by atoms with van der Waals surface area (Å²) in [6.45, 7) is 2.10. The van der Waals surface area contributed by atoms with Crippen LogP contribution in [0.15, 0.2) is 22.8 Å². The number of rotatable bonds is 1. The molecule has 3 nitrogen and oxygen atoms in total. The van der Waals surface area contributed by atoms with Gasteiger partial charge in [-0.3, -0.25) is 0 Å². The predicted octanol–water partition coefficient (Wildman–Crippen LogP) is 2.05. The molecule has 86 valence electrons. The average Bonchev–Trinajstić information content (AvgIpc) is 2.75. The Labute approximate surface area is 104 Å². The van der Waals surface area contributed by atoms with Crippen molar-refractivity contribution in [2.75, 3.05) is 18.0 Å². The Hall–Kier alpha value is -0.610. The SMILES string of the molecule is OC1C[C@@H]2CN(c3ccc(Br)cn3)C[C@@H]2C1. The van der Waals surface area contributed by atoms with Crippen LogP contribution in [0.1, 0.15) is 12.8 Å². The molecule has 0 amide bonds. The lowest BCUT2D eigenvalue weighted by molar-refractivity contribution is 0.174. The fraction of sp³-hybridized carbons (Fsp3) is 0.583. The Morgan fingerprint density at radius 3 is 2.50 bits per heavy atom. The smallest absolute Gasteiger partial charge is 0.128 e. The molecule has 1 unspecified atom stereocenters. The highest BCUT2D eigenvalue weighted by Crippen LogP contribution is 2.39. The second kappa shape index (κ2) is 4.00. The van der Waals surface area contributed by atoms with Gasteiger partial charge >= 0.3 is 0 Å². The van der Waals surface area contributed by atoms with Crippen LogP contribution >= 0.6 is 15.9 Å². The second-order valence-electron chi connectivity index (χ2n) is 4.88. The Morgan fingerprint density at radius 1 is 1.25 bits per heavy atom. The highest BCUT2D eigenvalue weighted by molar-refractivity contribution is 9.10. The van der Waals surface area contributed by atoms with Crippen LogP contribution < -0.4 is 4.90 Å². The van der Waals surface area contributed by atoms with E-state index < -0.39 is 0 Å². The zero-order valence-corrected chi connectivity index (χ0v) is 10.6. The van der Waals surface area contributed by atoms with Crippen molar-refractivity contribution < 1.29 is 5.11 Å². The number of aliphatic hydroxyl groups excluding tert-OH is 1. The number of aliphatic hydroxyl groups is 1. The highest BCUT2D eigenvalue weighted by atomic mass is 79.9. The molecule has 2 fully saturated rings. The minimum absolute atomic E-state index is 0.0602. The van der Waals surface area contributed by atoms with Gasteiger partial charge < -0.3 is 10.0 Å². The summed E-state index contributed by atoms with van der Waals surface area (Å²) in [5.74, 6) is 2.40. The zero-order chi connectivity index (χ0) is 11.1. The molecular formula is C12H15BrN2O. The number of halogens is 1. The Kier molecular flexibility index (Phi) is 2.64. The van der Waals surface area contributed by atoms with E-state index in [9.17, 15) is 5.11 Å². The van der Waals surface area contributed by atoms with E-state index in [-0.39, 0.29) is 6.10 Å². The molecule has 0 bridgehead atoms. The quantitative estimate of drug-likeness (QED) is 0.857. The molecule has 3 atom stereocenters. The van der Waals surface area contributed by atoms with Crippen LogP contribution in [0.5, 0.6) is 0 Å². The summed E-state index contributed by atoms with van der Waals surface area (Å²) in [5.41, 5.74) is 0. The van der Waals surface area contributed by atoms with Crippen molar-refractivity contribution in [2.45, 2.75) is 18.9 Å². The Bertz CT molecular complexity index is 367. The van der Waals surface area contributed by atoms with Gasteiger partial charge in [0, 0.05) is 23.8 Å². The van der Waals surface area contributed by atoms with Crippen molar-refractivity contribution >= 4 is 21.7 Å². The maximum atomic E-state index is 9.59. The number of hydrogen-bond acceptors (Lipinski definition) is 3. The first kappa shape index (κ1) is 10.5. The molecule has 1 saturated carbocycles. The summed E-state index contributed by atoms with van der Waals surface area (Å²) < 4.78 is 1.02. The van der Waals surface area contributed by atoms with Gasteiger partial charge in [0.2, 0.25) is 0 Å². The molecule has 1 aromatic rings. The van der Waals surface area contributed by atoms with Crippen molar-refractivity contribution in [3.63, 3.8) is 0 Å². The van der Waals surface area contributed by atoms with Gasteiger partial charge in [-0.15, -0.1) is 0 Å². The standard InChI is InChI=1S/C12H15BrN2O/c13-10-1-2-12(14-5-10)15-6-8-3-11(16)4-9(8)7-15/h1-2,5,8-9,11,16H,3-4,6-7H2/t8-,9+,11?. The first-order valence-corrected chi connectivity index (χ1v) is 6.56. The second-order valence-corrected chi connectivity index (χ2v) is 5.80. The largest absolute Gasteiger partial charge is 0.393 e. The van der Waals surface area contributed by atoms with E-state index in [1.165, 1.54) is 0 Å². The third-order valence-electron chi connectivity index (χ3n) is 3.76. The molecule has 1 N–H and O–H groups in total. The van der Waals surface area contributed by atoms with Gasteiger partial charge in [-0.1, -0.05) is 0 Å². The summed E-state index contributed by atoms with van der Waals surface area (Å²) in [5, 5.41) is 9.59. The first-order chi connectivity index (χ1) is 7.72. The third-order valence-corrected chi connectivity index (χ3v) is 4.23. The maximum absolute atomic E-state index is 9.59. The van der Waals surface area contributed by atoms with Crippen LogP contribution in [-0.4, -0.2) is 29.3 Å². The molecule has 0 spiro atoms.